The fourth-order valence-corrected chi connectivity index (χ4v) is 7.75. The number of fused-ring (bicyclic) bond motifs is 7. The molecule has 0 aliphatic carbocycles. The van der Waals surface area contributed by atoms with Crippen LogP contribution in [0.15, 0.2) is 188 Å². The molecule has 4 aromatic heterocycles. The minimum Gasteiger partial charge on any atom is -0.284 e. The van der Waals surface area contributed by atoms with Crippen molar-refractivity contribution in [2.45, 2.75) is 0 Å². The number of benzene rings is 7. The second kappa shape index (κ2) is 12.6. The summed E-state index contributed by atoms with van der Waals surface area (Å²) in [4.78, 5) is 20.4. The molecule has 4 heterocycles. The molecule has 0 spiro atoms. The second-order valence-corrected chi connectivity index (χ2v) is 14.0. The molecule has 0 atom stereocenters. The lowest BCUT2D eigenvalue weighted by atomic mass is 9.99. The van der Waals surface area contributed by atoms with Crippen LogP contribution in [0, 0.1) is 0 Å². The third-order valence-electron chi connectivity index (χ3n) is 10.6. The van der Waals surface area contributed by atoms with Crippen molar-refractivity contribution >= 4 is 49.1 Å². The van der Waals surface area contributed by atoms with Crippen LogP contribution in [0.5, 0.6) is 0 Å². The molecule has 256 valence electrons. The Hall–Kier alpha value is -7.50. The molecule has 0 unspecified atom stereocenters. The van der Waals surface area contributed by atoms with Gasteiger partial charge < -0.3 is 0 Å². The van der Waals surface area contributed by atoms with Gasteiger partial charge in [0.1, 0.15) is 11.2 Å². The van der Waals surface area contributed by atoms with Gasteiger partial charge in [-0.15, -0.1) is 0 Å². The van der Waals surface area contributed by atoms with E-state index in [2.05, 4.69) is 168 Å². The molecule has 55 heavy (non-hydrogen) atoms. The monoisotopic (exact) mass is 701 g/mol. The van der Waals surface area contributed by atoms with Gasteiger partial charge in [-0.05, 0) is 63.0 Å². The van der Waals surface area contributed by atoms with Gasteiger partial charge in [0.2, 0.25) is 0 Å². The van der Waals surface area contributed by atoms with Crippen LogP contribution < -0.4 is 0 Å². The summed E-state index contributed by atoms with van der Waals surface area (Å²) in [6.45, 7) is 0. The van der Waals surface area contributed by atoms with E-state index >= 15 is 0 Å². The number of hydrogen-bond donors (Lipinski definition) is 0. The van der Waals surface area contributed by atoms with Crippen molar-refractivity contribution < 1.29 is 0 Å². The quantitative estimate of drug-likeness (QED) is 0.179. The number of imidazole rings is 1. The summed E-state index contributed by atoms with van der Waals surface area (Å²) in [5.41, 5.74) is 11.8. The van der Waals surface area contributed by atoms with Gasteiger partial charge >= 0.3 is 0 Å². The summed E-state index contributed by atoms with van der Waals surface area (Å²) in [5, 5.41) is 6.96. The molecule has 0 saturated carbocycles. The molecule has 0 aliphatic rings. The molecular weight excluding hydrogens is 671 g/mol. The van der Waals surface area contributed by atoms with Crippen molar-refractivity contribution in [3.05, 3.63) is 188 Å². The van der Waals surface area contributed by atoms with E-state index in [9.17, 15) is 0 Å². The lowest BCUT2D eigenvalue weighted by Gasteiger charge is -2.11. The predicted octanol–water partition coefficient (Wildman–Crippen LogP) is 12.5. The zero-order valence-electron chi connectivity index (χ0n) is 29.6. The third kappa shape index (κ3) is 5.41. The smallest absolute Gasteiger partial charge is 0.165 e. The molecule has 7 aromatic carbocycles. The summed E-state index contributed by atoms with van der Waals surface area (Å²) >= 11 is 0. The van der Waals surface area contributed by atoms with Gasteiger partial charge in [0.15, 0.2) is 11.5 Å². The lowest BCUT2D eigenvalue weighted by Crippen LogP contribution is -1.96. The van der Waals surface area contributed by atoms with Gasteiger partial charge in [0.25, 0.3) is 0 Å². The van der Waals surface area contributed by atoms with Crippen molar-refractivity contribution in [1.29, 1.82) is 0 Å². The lowest BCUT2D eigenvalue weighted by molar-refractivity contribution is 1.18. The number of pyridine rings is 2. The summed E-state index contributed by atoms with van der Waals surface area (Å²) in [5.74, 6) is 0.691. The Morgan fingerprint density at radius 1 is 0.345 bits per heavy atom. The third-order valence-corrected chi connectivity index (χ3v) is 10.6. The highest BCUT2D eigenvalue weighted by atomic mass is 15.1. The van der Waals surface area contributed by atoms with E-state index in [0.717, 1.165) is 78.0 Å². The highest BCUT2D eigenvalue weighted by molar-refractivity contribution is 6.09. The van der Waals surface area contributed by atoms with Crippen LogP contribution in [-0.2, 0) is 0 Å². The minimum absolute atomic E-state index is 0.691. The average Bonchev–Trinajstić information content (AvgIpc) is 3.65. The van der Waals surface area contributed by atoms with Crippen molar-refractivity contribution in [2.24, 2.45) is 0 Å². The maximum Gasteiger partial charge on any atom is 0.165 e. The first-order valence-corrected chi connectivity index (χ1v) is 18.5. The molecule has 5 heteroatoms. The van der Waals surface area contributed by atoms with Gasteiger partial charge in [-0.25, -0.2) is 19.9 Å². The zero-order chi connectivity index (χ0) is 36.3. The van der Waals surface area contributed by atoms with Gasteiger partial charge in [0.05, 0.1) is 17.1 Å². The molecule has 0 aliphatic heterocycles. The Kier molecular flexibility index (Phi) is 7.10. The van der Waals surface area contributed by atoms with E-state index in [1.54, 1.807) is 0 Å². The van der Waals surface area contributed by atoms with E-state index < -0.39 is 0 Å². The number of rotatable bonds is 5. The van der Waals surface area contributed by atoms with Crippen molar-refractivity contribution in [2.75, 3.05) is 0 Å². The molecule has 0 fully saturated rings. The summed E-state index contributed by atoms with van der Waals surface area (Å²) in [7, 11) is 0. The van der Waals surface area contributed by atoms with Gasteiger partial charge in [-0.1, -0.05) is 152 Å². The molecule has 5 nitrogen and oxygen atoms in total. The van der Waals surface area contributed by atoms with E-state index in [-0.39, 0.29) is 0 Å². The number of nitrogens with zero attached hydrogens (tertiary/aromatic N) is 5. The van der Waals surface area contributed by atoms with Crippen LogP contribution >= 0.6 is 0 Å². The standard InChI is InChI=1S/C50H31N5/c1-3-11-38-29-40(26-20-32(38)9-1)44-31-45(41-27-21-33-10-2-4-12-39(33)30-41)52-49(51-44)37-24-18-35(19-25-37)34-16-22-36(23-17-34)47-42-13-5-6-14-43(42)48-50(54-47)55-28-8-7-15-46(55)53-48/h1-31H. The summed E-state index contributed by atoms with van der Waals surface area (Å²) in [6.07, 6.45) is 2.03. The highest BCUT2D eigenvalue weighted by Gasteiger charge is 2.16. The van der Waals surface area contributed by atoms with E-state index in [0.29, 0.717) is 5.82 Å². The van der Waals surface area contributed by atoms with Crippen LogP contribution in [0.25, 0.3) is 105 Å². The highest BCUT2D eigenvalue weighted by Crippen LogP contribution is 2.35. The van der Waals surface area contributed by atoms with E-state index in [1.807, 2.05) is 24.4 Å². The predicted molar refractivity (Wildman–Crippen MR) is 226 cm³/mol. The van der Waals surface area contributed by atoms with Crippen LogP contribution in [0.1, 0.15) is 0 Å². The molecule has 0 saturated heterocycles. The minimum atomic E-state index is 0.691. The maximum atomic E-state index is 5.18. The van der Waals surface area contributed by atoms with E-state index in [4.69, 9.17) is 19.9 Å². The Balaban J connectivity index is 0.966. The molecule has 0 radical (unpaired) electrons. The molecular formula is C50H31N5. The summed E-state index contributed by atoms with van der Waals surface area (Å²) < 4.78 is 2.06. The van der Waals surface area contributed by atoms with Crippen molar-refractivity contribution in [3.8, 4) is 56.3 Å². The van der Waals surface area contributed by atoms with Gasteiger partial charge in [-0.2, -0.15) is 0 Å². The molecule has 11 rings (SSSR count). The Labute approximate surface area is 316 Å². The van der Waals surface area contributed by atoms with Crippen LogP contribution in [0.4, 0.5) is 0 Å². The average molecular weight is 702 g/mol. The van der Waals surface area contributed by atoms with Crippen LogP contribution in [-0.4, -0.2) is 24.3 Å². The summed E-state index contributed by atoms with van der Waals surface area (Å²) in [6, 6.07) is 63.7. The number of hydrogen-bond acceptors (Lipinski definition) is 4. The molecule has 0 N–H and O–H groups in total. The normalized spacial score (nSPS) is 11.6. The molecule has 0 amide bonds. The first kappa shape index (κ1) is 31.1. The first-order valence-electron chi connectivity index (χ1n) is 18.5. The number of aromatic nitrogens is 5. The second-order valence-electron chi connectivity index (χ2n) is 14.0. The Morgan fingerprint density at radius 2 is 0.855 bits per heavy atom. The fraction of sp³-hybridized carbons (Fsp3) is 0. The van der Waals surface area contributed by atoms with Gasteiger partial charge in [0, 0.05) is 39.2 Å². The Morgan fingerprint density at radius 3 is 1.49 bits per heavy atom. The Bertz CT molecular complexity index is 3160. The van der Waals surface area contributed by atoms with Crippen molar-refractivity contribution in [3.63, 3.8) is 0 Å². The first-order chi connectivity index (χ1) is 27.2. The van der Waals surface area contributed by atoms with Crippen LogP contribution in [0.3, 0.4) is 0 Å². The molecule has 11 aromatic rings. The van der Waals surface area contributed by atoms with Gasteiger partial charge in [-0.3, -0.25) is 4.40 Å². The largest absolute Gasteiger partial charge is 0.284 e. The maximum absolute atomic E-state index is 5.18. The van der Waals surface area contributed by atoms with E-state index in [1.165, 1.54) is 21.5 Å². The van der Waals surface area contributed by atoms with Crippen LogP contribution in [0.2, 0.25) is 0 Å². The topological polar surface area (TPSA) is 56.0 Å². The zero-order valence-corrected chi connectivity index (χ0v) is 29.6. The molecule has 0 bridgehead atoms. The fourth-order valence-electron chi connectivity index (χ4n) is 7.75. The van der Waals surface area contributed by atoms with Crippen molar-refractivity contribution in [1.82, 2.24) is 24.3 Å². The SMILES string of the molecule is c1ccc2cc(-c3cc(-c4ccc5ccccc5c4)nc(-c4ccc(-c5ccc(-c6nc7c(nc8ccccn87)c7ccccc67)cc5)cc4)n3)ccc2c1.